The van der Waals surface area contributed by atoms with Crippen molar-refractivity contribution in [3.63, 3.8) is 0 Å². The Morgan fingerprint density at radius 2 is 2.19 bits per heavy atom. The molecular weight excluding hydrogens is 296 g/mol. The van der Waals surface area contributed by atoms with Crippen LogP contribution in [0.3, 0.4) is 0 Å². The van der Waals surface area contributed by atoms with E-state index in [0.29, 0.717) is 17.9 Å². The van der Waals surface area contributed by atoms with Crippen LogP contribution in [0.25, 0.3) is 0 Å². The molecule has 0 atom stereocenters. The van der Waals surface area contributed by atoms with Crippen molar-refractivity contribution >= 4 is 16.0 Å². The summed E-state index contributed by atoms with van der Waals surface area (Å²) in [5.41, 5.74) is 0.364. The molecular formula is C12H14N4O4S. The summed E-state index contributed by atoms with van der Waals surface area (Å²) >= 11 is 0. The van der Waals surface area contributed by atoms with Crippen LogP contribution in [-0.4, -0.2) is 34.4 Å². The van der Waals surface area contributed by atoms with Crippen LogP contribution < -0.4 is 4.72 Å². The summed E-state index contributed by atoms with van der Waals surface area (Å²) < 4.78 is 26.4. The number of carboxylic acid groups (broad SMARTS) is 1. The third-order valence-corrected chi connectivity index (χ3v) is 4.05. The number of hydrogen-bond acceptors (Lipinski definition) is 5. The molecule has 2 aromatic heterocycles. The number of hydrogen-bond donors (Lipinski definition) is 3. The summed E-state index contributed by atoms with van der Waals surface area (Å²) in [5.74, 6) is -0.524. The number of aromatic carboxylic acids is 1. The second-order valence-electron chi connectivity index (χ2n) is 4.21. The molecule has 2 aromatic rings. The fourth-order valence-electron chi connectivity index (χ4n) is 1.61. The van der Waals surface area contributed by atoms with Crippen molar-refractivity contribution in [1.29, 1.82) is 0 Å². The van der Waals surface area contributed by atoms with E-state index in [1.165, 1.54) is 24.5 Å². The number of H-pyrrole nitrogens is 1. The average Bonchev–Trinajstić information content (AvgIpc) is 2.95. The predicted octanol–water partition coefficient (Wildman–Crippen LogP) is 0.544. The first kappa shape index (κ1) is 15.1. The van der Waals surface area contributed by atoms with Crippen LogP contribution in [0.2, 0.25) is 0 Å². The highest BCUT2D eigenvalue weighted by Crippen LogP contribution is 2.08. The molecule has 0 aliphatic heterocycles. The molecule has 2 heterocycles. The van der Waals surface area contributed by atoms with Gasteiger partial charge in [-0.3, -0.25) is 4.98 Å². The minimum Gasteiger partial charge on any atom is -0.478 e. The zero-order valence-corrected chi connectivity index (χ0v) is 12.0. The zero-order valence-electron chi connectivity index (χ0n) is 11.2. The number of carbonyl (C=O) groups is 1. The van der Waals surface area contributed by atoms with E-state index < -0.39 is 16.0 Å². The van der Waals surface area contributed by atoms with Crippen LogP contribution in [-0.2, 0) is 23.0 Å². The van der Waals surface area contributed by atoms with Crippen LogP contribution in [0.4, 0.5) is 0 Å². The van der Waals surface area contributed by atoms with E-state index in [1.807, 2.05) is 6.92 Å². The van der Waals surface area contributed by atoms with Crippen LogP contribution in [0, 0.1) is 0 Å². The summed E-state index contributed by atoms with van der Waals surface area (Å²) in [4.78, 5) is 21.4. The van der Waals surface area contributed by atoms with Gasteiger partial charge in [-0.15, -0.1) is 0 Å². The lowest BCUT2D eigenvalue weighted by molar-refractivity contribution is 0.0696. The van der Waals surface area contributed by atoms with Gasteiger partial charge in [-0.1, -0.05) is 6.92 Å². The fourth-order valence-corrected chi connectivity index (χ4v) is 2.55. The maximum atomic E-state index is 12.0. The summed E-state index contributed by atoms with van der Waals surface area (Å²) in [6.45, 7) is 1.74. The molecule has 8 nitrogen and oxygen atoms in total. The molecule has 0 spiro atoms. The van der Waals surface area contributed by atoms with Crippen molar-refractivity contribution in [2.45, 2.75) is 24.9 Å². The molecule has 9 heteroatoms. The molecule has 0 aliphatic rings. The summed E-state index contributed by atoms with van der Waals surface area (Å²) in [7, 11) is -3.74. The quantitative estimate of drug-likeness (QED) is 0.715. The molecule has 0 unspecified atom stereocenters. The minimum absolute atomic E-state index is 0.0336. The molecule has 0 amide bonds. The number of rotatable bonds is 6. The average molecular weight is 310 g/mol. The number of aromatic amines is 1. The summed E-state index contributed by atoms with van der Waals surface area (Å²) in [6, 6.07) is 2.65. The SMILES string of the molecule is CCc1ncc(S(=O)(=O)NCc2cc(C(=O)O)ccn2)[nH]1. The van der Waals surface area contributed by atoms with Crippen molar-refractivity contribution < 1.29 is 18.3 Å². The lowest BCUT2D eigenvalue weighted by Crippen LogP contribution is -2.24. The van der Waals surface area contributed by atoms with E-state index in [-0.39, 0.29) is 17.1 Å². The Kier molecular flexibility index (Phi) is 4.34. The van der Waals surface area contributed by atoms with Gasteiger partial charge >= 0.3 is 5.97 Å². The molecule has 21 heavy (non-hydrogen) atoms. The molecule has 0 fully saturated rings. The lowest BCUT2D eigenvalue weighted by Gasteiger charge is -2.05. The number of aromatic nitrogens is 3. The highest BCUT2D eigenvalue weighted by molar-refractivity contribution is 7.89. The Morgan fingerprint density at radius 1 is 1.43 bits per heavy atom. The number of nitrogens with zero attached hydrogens (tertiary/aromatic N) is 2. The van der Waals surface area contributed by atoms with E-state index in [2.05, 4.69) is 19.7 Å². The van der Waals surface area contributed by atoms with Crippen molar-refractivity contribution in [2.24, 2.45) is 0 Å². The molecule has 0 radical (unpaired) electrons. The monoisotopic (exact) mass is 310 g/mol. The van der Waals surface area contributed by atoms with Gasteiger partial charge in [0, 0.05) is 12.6 Å². The molecule has 2 rings (SSSR count). The first-order valence-corrected chi connectivity index (χ1v) is 7.62. The van der Waals surface area contributed by atoms with E-state index in [0.717, 1.165) is 0 Å². The lowest BCUT2D eigenvalue weighted by atomic mass is 10.2. The van der Waals surface area contributed by atoms with Gasteiger partial charge in [-0.2, -0.15) is 0 Å². The number of aryl methyl sites for hydroxylation is 1. The summed E-state index contributed by atoms with van der Waals surface area (Å²) in [6.07, 6.45) is 3.15. The summed E-state index contributed by atoms with van der Waals surface area (Å²) in [5, 5.41) is 8.83. The standard InChI is InChI=1S/C12H14N4O4S/c1-2-10-14-7-11(16-10)21(19,20)15-6-9-5-8(12(17)18)3-4-13-9/h3-5,7,15H,2,6H2,1H3,(H,14,16)(H,17,18). The van der Waals surface area contributed by atoms with Crippen LogP contribution in [0.5, 0.6) is 0 Å². The first-order chi connectivity index (χ1) is 9.92. The van der Waals surface area contributed by atoms with Gasteiger partial charge in [0.05, 0.1) is 24.0 Å². The van der Waals surface area contributed by atoms with Gasteiger partial charge in [-0.25, -0.2) is 22.9 Å². The van der Waals surface area contributed by atoms with E-state index in [9.17, 15) is 13.2 Å². The largest absolute Gasteiger partial charge is 0.478 e. The molecule has 3 N–H and O–H groups in total. The number of carboxylic acids is 1. The Morgan fingerprint density at radius 3 is 2.81 bits per heavy atom. The second-order valence-corrected chi connectivity index (χ2v) is 5.95. The van der Waals surface area contributed by atoms with Crippen molar-refractivity contribution in [3.8, 4) is 0 Å². The fraction of sp³-hybridized carbons (Fsp3) is 0.250. The number of imidazole rings is 1. The number of sulfonamides is 1. The van der Waals surface area contributed by atoms with Gasteiger partial charge in [0.25, 0.3) is 10.0 Å². The predicted molar refractivity (Wildman–Crippen MR) is 73.2 cm³/mol. The van der Waals surface area contributed by atoms with E-state index in [4.69, 9.17) is 5.11 Å². The normalized spacial score (nSPS) is 11.5. The maximum Gasteiger partial charge on any atom is 0.335 e. The van der Waals surface area contributed by atoms with Crippen LogP contribution in [0.15, 0.2) is 29.6 Å². The van der Waals surface area contributed by atoms with Gasteiger partial charge in [0.2, 0.25) is 0 Å². The highest BCUT2D eigenvalue weighted by atomic mass is 32.2. The Balaban J connectivity index is 2.11. The second kappa shape index (κ2) is 6.02. The molecule has 0 saturated carbocycles. The van der Waals surface area contributed by atoms with Gasteiger partial charge < -0.3 is 10.1 Å². The smallest absolute Gasteiger partial charge is 0.335 e. The molecule has 0 aliphatic carbocycles. The van der Waals surface area contributed by atoms with Crippen LogP contribution >= 0.6 is 0 Å². The van der Waals surface area contributed by atoms with Crippen LogP contribution in [0.1, 0.15) is 28.8 Å². The highest BCUT2D eigenvalue weighted by Gasteiger charge is 2.17. The minimum atomic E-state index is -3.74. The number of pyridine rings is 1. The van der Waals surface area contributed by atoms with Gasteiger partial charge in [0.1, 0.15) is 5.82 Å². The maximum absolute atomic E-state index is 12.0. The molecule has 112 valence electrons. The van der Waals surface area contributed by atoms with E-state index >= 15 is 0 Å². The van der Waals surface area contributed by atoms with Crippen molar-refractivity contribution in [1.82, 2.24) is 19.7 Å². The Labute approximate surface area is 121 Å². The Hall–Kier alpha value is -2.26. The van der Waals surface area contributed by atoms with E-state index in [1.54, 1.807) is 0 Å². The third-order valence-electron chi connectivity index (χ3n) is 2.74. The molecule has 0 aromatic carbocycles. The number of nitrogens with one attached hydrogen (secondary N) is 2. The molecule has 0 bridgehead atoms. The Bertz CT molecular complexity index is 754. The van der Waals surface area contributed by atoms with Gasteiger partial charge in [0.15, 0.2) is 5.03 Å². The van der Waals surface area contributed by atoms with Gasteiger partial charge in [-0.05, 0) is 12.1 Å². The molecule has 0 saturated heterocycles. The topological polar surface area (TPSA) is 125 Å². The first-order valence-electron chi connectivity index (χ1n) is 6.14. The van der Waals surface area contributed by atoms with Crippen molar-refractivity contribution in [2.75, 3.05) is 0 Å². The van der Waals surface area contributed by atoms with Crippen molar-refractivity contribution in [3.05, 3.63) is 41.6 Å². The third kappa shape index (κ3) is 3.64. The zero-order chi connectivity index (χ0) is 15.5.